The molecule has 1 N–H and O–H groups in total. The summed E-state index contributed by atoms with van der Waals surface area (Å²) >= 11 is 0. The Bertz CT molecular complexity index is 1080. The van der Waals surface area contributed by atoms with Gasteiger partial charge in [-0.15, -0.1) is 0 Å². The zero-order chi connectivity index (χ0) is 22.0. The third-order valence-corrected chi connectivity index (χ3v) is 5.85. The van der Waals surface area contributed by atoms with E-state index in [2.05, 4.69) is 5.32 Å². The molecule has 7 nitrogen and oxygen atoms in total. The van der Waals surface area contributed by atoms with Gasteiger partial charge in [-0.25, -0.2) is 0 Å². The SMILES string of the molecule is CCCCC(=O)N1c2ccccc2NC2=C(C(=O)CCC2)C1c1cccc([N+](=O)[O-])c1. The molecule has 0 saturated heterocycles. The van der Waals surface area contributed by atoms with Gasteiger partial charge in [0.15, 0.2) is 5.78 Å². The number of nitrogens with zero attached hydrogens (tertiary/aromatic N) is 2. The van der Waals surface area contributed by atoms with Crippen molar-refractivity contribution in [3.05, 3.63) is 75.5 Å². The zero-order valence-electron chi connectivity index (χ0n) is 17.5. The number of ketones is 1. The highest BCUT2D eigenvalue weighted by Crippen LogP contribution is 2.45. The van der Waals surface area contributed by atoms with Crippen LogP contribution in [0.15, 0.2) is 59.8 Å². The van der Waals surface area contributed by atoms with Gasteiger partial charge in [-0.05, 0) is 37.0 Å². The third kappa shape index (κ3) is 3.95. The molecule has 1 aliphatic carbocycles. The predicted molar refractivity (Wildman–Crippen MR) is 119 cm³/mol. The molecule has 4 rings (SSSR count). The molecule has 2 aromatic rings. The normalized spacial score (nSPS) is 18.0. The summed E-state index contributed by atoms with van der Waals surface area (Å²) in [6, 6.07) is 13.1. The molecule has 1 amide bonds. The maximum atomic E-state index is 13.5. The first-order valence-corrected chi connectivity index (χ1v) is 10.7. The average Bonchev–Trinajstić information content (AvgIpc) is 2.92. The monoisotopic (exact) mass is 419 g/mol. The summed E-state index contributed by atoms with van der Waals surface area (Å²) in [5.41, 5.74) is 3.29. The molecule has 0 radical (unpaired) electrons. The van der Waals surface area contributed by atoms with Gasteiger partial charge in [0.2, 0.25) is 5.91 Å². The van der Waals surface area contributed by atoms with Gasteiger partial charge in [0, 0.05) is 36.2 Å². The van der Waals surface area contributed by atoms with E-state index in [0.717, 1.165) is 30.6 Å². The first kappa shape index (κ1) is 20.8. The lowest BCUT2D eigenvalue weighted by atomic mass is 9.85. The molecule has 160 valence electrons. The summed E-state index contributed by atoms with van der Waals surface area (Å²) in [7, 11) is 0. The molecule has 2 aromatic carbocycles. The molecular weight excluding hydrogens is 394 g/mol. The fourth-order valence-corrected chi connectivity index (χ4v) is 4.38. The Morgan fingerprint density at radius 3 is 2.77 bits per heavy atom. The molecule has 1 unspecified atom stereocenters. The van der Waals surface area contributed by atoms with E-state index in [0.29, 0.717) is 36.1 Å². The second kappa shape index (κ2) is 8.71. The summed E-state index contributed by atoms with van der Waals surface area (Å²) in [4.78, 5) is 39.3. The van der Waals surface area contributed by atoms with Crippen LogP contribution in [0.3, 0.4) is 0 Å². The number of carbonyl (C=O) groups excluding carboxylic acids is 2. The number of nitro benzene ring substituents is 1. The molecule has 31 heavy (non-hydrogen) atoms. The van der Waals surface area contributed by atoms with Crippen LogP contribution in [0, 0.1) is 10.1 Å². The lowest BCUT2D eigenvalue weighted by molar-refractivity contribution is -0.384. The average molecular weight is 419 g/mol. The molecule has 0 aromatic heterocycles. The summed E-state index contributed by atoms with van der Waals surface area (Å²) in [5.74, 6) is -0.119. The number of hydrogen-bond donors (Lipinski definition) is 1. The summed E-state index contributed by atoms with van der Waals surface area (Å²) in [6.07, 6.45) is 3.77. The van der Waals surface area contributed by atoms with Crippen molar-refractivity contribution in [2.75, 3.05) is 10.2 Å². The maximum Gasteiger partial charge on any atom is 0.269 e. The highest BCUT2D eigenvalue weighted by Gasteiger charge is 2.39. The summed E-state index contributed by atoms with van der Waals surface area (Å²) in [5, 5.41) is 14.8. The van der Waals surface area contributed by atoms with Crippen molar-refractivity contribution < 1.29 is 14.5 Å². The van der Waals surface area contributed by atoms with Gasteiger partial charge in [0.25, 0.3) is 5.69 Å². The van der Waals surface area contributed by atoms with Crippen LogP contribution in [0.2, 0.25) is 0 Å². The van der Waals surface area contributed by atoms with E-state index in [1.165, 1.54) is 12.1 Å². The van der Waals surface area contributed by atoms with Crippen LogP contribution in [0.25, 0.3) is 0 Å². The smallest absolute Gasteiger partial charge is 0.269 e. The van der Waals surface area contributed by atoms with E-state index in [4.69, 9.17) is 0 Å². The Morgan fingerprint density at radius 1 is 1.19 bits per heavy atom. The second-order valence-corrected chi connectivity index (χ2v) is 7.93. The number of fused-ring (bicyclic) bond motifs is 1. The number of benzene rings is 2. The van der Waals surface area contributed by atoms with Crippen LogP contribution in [0.4, 0.5) is 17.1 Å². The first-order valence-electron chi connectivity index (χ1n) is 10.7. The third-order valence-electron chi connectivity index (χ3n) is 5.85. The Balaban J connectivity index is 1.96. The van der Waals surface area contributed by atoms with Gasteiger partial charge in [0.05, 0.1) is 22.3 Å². The fraction of sp³-hybridized carbons (Fsp3) is 0.333. The van der Waals surface area contributed by atoms with Crippen LogP contribution in [0.5, 0.6) is 0 Å². The van der Waals surface area contributed by atoms with Crippen LogP contribution >= 0.6 is 0 Å². The fourth-order valence-electron chi connectivity index (χ4n) is 4.38. The molecule has 0 saturated carbocycles. The Kier molecular flexibility index (Phi) is 5.84. The molecule has 7 heteroatoms. The van der Waals surface area contributed by atoms with Gasteiger partial charge in [0.1, 0.15) is 0 Å². The number of hydrogen-bond acceptors (Lipinski definition) is 5. The number of anilines is 2. The highest BCUT2D eigenvalue weighted by atomic mass is 16.6. The minimum Gasteiger partial charge on any atom is -0.357 e. The predicted octanol–water partition coefficient (Wildman–Crippen LogP) is 5.29. The zero-order valence-corrected chi connectivity index (χ0v) is 17.5. The van der Waals surface area contributed by atoms with E-state index in [9.17, 15) is 19.7 Å². The molecule has 1 heterocycles. The van der Waals surface area contributed by atoms with Crippen molar-refractivity contribution in [2.45, 2.75) is 51.5 Å². The number of amides is 1. The Hall–Kier alpha value is -3.48. The van der Waals surface area contributed by atoms with Crippen molar-refractivity contribution in [1.29, 1.82) is 0 Å². The standard InChI is InChI=1S/C24H25N3O4/c1-2-3-14-22(29)26-20-12-5-4-10-18(20)25-19-11-7-13-21(28)23(19)24(26)16-8-6-9-17(15-16)27(30)31/h4-6,8-10,12,15,24-25H,2-3,7,11,13-14H2,1H3. The van der Waals surface area contributed by atoms with Crippen molar-refractivity contribution in [3.63, 3.8) is 0 Å². The van der Waals surface area contributed by atoms with Crippen LogP contribution in [0.1, 0.15) is 57.1 Å². The van der Waals surface area contributed by atoms with Gasteiger partial charge in [-0.1, -0.05) is 37.6 Å². The van der Waals surface area contributed by atoms with Crippen molar-refractivity contribution >= 4 is 28.8 Å². The van der Waals surface area contributed by atoms with E-state index < -0.39 is 11.0 Å². The van der Waals surface area contributed by atoms with Crippen LogP contribution in [-0.4, -0.2) is 16.6 Å². The molecule has 0 bridgehead atoms. The first-order chi connectivity index (χ1) is 15.0. The minimum absolute atomic E-state index is 0.0219. The van der Waals surface area contributed by atoms with E-state index >= 15 is 0 Å². The number of Topliss-reactive ketones (excluding diaryl/α,β-unsaturated/α-hetero) is 1. The van der Waals surface area contributed by atoms with Crippen molar-refractivity contribution in [2.24, 2.45) is 0 Å². The Labute approximate surface area is 180 Å². The number of carbonyl (C=O) groups is 2. The maximum absolute atomic E-state index is 13.5. The Morgan fingerprint density at radius 2 is 2.00 bits per heavy atom. The molecule has 1 atom stereocenters. The highest BCUT2D eigenvalue weighted by molar-refractivity contribution is 6.06. The molecule has 1 aliphatic heterocycles. The van der Waals surface area contributed by atoms with Crippen LogP contribution in [-0.2, 0) is 9.59 Å². The topological polar surface area (TPSA) is 92.6 Å². The molecular formula is C24H25N3O4. The molecule has 0 spiro atoms. The number of nitro groups is 1. The van der Waals surface area contributed by atoms with E-state index in [1.54, 1.807) is 17.0 Å². The number of rotatable bonds is 5. The minimum atomic E-state index is -0.705. The largest absolute Gasteiger partial charge is 0.357 e. The molecule has 2 aliphatic rings. The quantitative estimate of drug-likeness (QED) is 0.525. The number of unbranched alkanes of at least 4 members (excludes halogenated alkanes) is 1. The summed E-state index contributed by atoms with van der Waals surface area (Å²) in [6.45, 7) is 2.02. The van der Waals surface area contributed by atoms with Gasteiger partial charge in [-0.3, -0.25) is 24.6 Å². The molecule has 0 fully saturated rings. The number of non-ortho nitro benzene ring substituents is 1. The van der Waals surface area contributed by atoms with E-state index in [-0.39, 0.29) is 17.4 Å². The number of nitrogens with one attached hydrogen (secondary N) is 1. The lowest BCUT2D eigenvalue weighted by Crippen LogP contribution is -2.38. The van der Waals surface area contributed by atoms with Gasteiger partial charge in [-0.2, -0.15) is 0 Å². The van der Waals surface area contributed by atoms with Crippen molar-refractivity contribution in [1.82, 2.24) is 0 Å². The lowest BCUT2D eigenvalue weighted by Gasteiger charge is -2.34. The van der Waals surface area contributed by atoms with Gasteiger partial charge >= 0.3 is 0 Å². The van der Waals surface area contributed by atoms with E-state index in [1.807, 2.05) is 31.2 Å². The number of para-hydroxylation sites is 2. The van der Waals surface area contributed by atoms with Crippen LogP contribution < -0.4 is 10.2 Å². The van der Waals surface area contributed by atoms with Crippen molar-refractivity contribution in [3.8, 4) is 0 Å². The summed E-state index contributed by atoms with van der Waals surface area (Å²) < 4.78 is 0. The number of allylic oxidation sites excluding steroid dienone is 1. The second-order valence-electron chi connectivity index (χ2n) is 7.93. The van der Waals surface area contributed by atoms with Gasteiger partial charge < -0.3 is 5.32 Å².